The average molecular weight is 544 g/mol. The average Bonchev–Trinajstić information content (AvgIpc) is 2.95. The molecule has 2 atom stereocenters. The normalized spacial score (nSPS) is 19.2. The van der Waals surface area contributed by atoms with E-state index in [4.69, 9.17) is 19.2 Å². The maximum absolute atomic E-state index is 12.8. The van der Waals surface area contributed by atoms with Gasteiger partial charge >= 0.3 is 5.97 Å². The topological polar surface area (TPSA) is 72.9 Å². The zero-order chi connectivity index (χ0) is 28.3. The molecule has 2 aromatic carbocycles. The van der Waals surface area contributed by atoms with Crippen molar-refractivity contribution in [1.29, 1.82) is 0 Å². The van der Waals surface area contributed by atoms with E-state index in [9.17, 15) is 4.79 Å². The lowest BCUT2D eigenvalue weighted by molar-refractivity contribution is -0.165. The third kappa shape index (κ3) is 6.65. The third-order valence-electron chi connectivity index (χ3n) is 7.59. The summed E-state index contributed by atoms with van der Waals surface area (Å²) < 4.78 is 17.8. The van der Waals surface area contributed by atoms with Crippen LogP contribution in [-0.2, 0) is 33.8 Å². The highest BCUT2D eigenvalue weighted by molar-refractivity contribution is 5.74. The quantitative estimate of drug-likeness (QED) is 0.397. The smallest absolute Gasteiger partial charge is 0.312 e. The minimum absolute atomic E-state index is 0.196. The van der Waals surface area contributed by atoms with Crippen molar-refractivity contribution in [2.45, 2.75) is 65.4 Å². The number of esters is 1. The highest BCUT2D eigenvalue weighted by atomic mass is 16.6. The number of benzene rings is 2. The first-order valence-corrected chi connectivity index (χ1v) is 14.2. The molecule has 2 aliphatic heterocycles. The number of methoxy groups -OCH3 is 1. The molecule has 0 aliphatic carbocycles. The molecule has 7 nitrogen and oxygen atoms in total. The van der Waals surface area contributed by atoms with Crippen molar-refractivity contribution in [3.05, 3.63) is 76.9 Å². The zero-order valence-electron chi connectivity index (χ0n) is 24.3. The number of carbonyl (C=O) groups is 1. The summed E-state index contributed by atoms with van der Waals surface area (Å²) in [4.78, 5) is 20.1. The molecular weight excluding hydrogens is 502 g/mol. The van der Waals surface area contributed by atoms with Gasteiger partial charge in [0.2, 0.25) is 0 Å². The Bertz CT molecular complexity index is 1350. The largest absolute Gasteiger partial charge is 0.488 e. The summed E-state index contributed by atoms with van der Waals surface area (Å²) in [6.45, 7) is 11.5. The van der Waals surface area contributed by atoms with Gasteiger partial charge in [0.15, 0.2) is 0 Å². The lowest BCUT2D eigenvalue weighted by atomic mass is 9.93. The number of anilines is 1. The van der Waals surface area contributed by atoms with Crippen molar-refractivity contribution >= 4 is 11.8 Å². The minimum atomic E-state index is -0.520. The number of pyridine rings is 1. The third-order valence-corrected chi connectivity index (χ3v) is 7.59. The van der Waals surface area contributed by atoms with Crippen LogP contribution in [0, 0.1) is 12.8 Å². The van der Waals surface area contributed by atoms with Gasteiger partial charge in [-0.25, -0.2) is 4.98 Å². The van der Waals surface area contributed by atoms with Gasteiger partial charge in [0.1, 0.15) is 23.8 Å². The van der Waals surface area contributed by atoms with Crippen LogP contribution in [0.1, 0.15) is 49.4 Å². The summed E-state index contributed by atoms with van der Waals surface area (Å²) >= 11 is 0. The maximum atomic E-state index is 12.8. The van der Waals surface area contributed by atoms with E-state index >= 15 is 0 Å². The SMILES string of the molecule is CO[C@@H]1CN(c2cccc(-c3cc(C)ccc3OCc3ccc4c(c3)CCNC4)n2)CC[C@@H]1C(=O)OC(C)(C)C. The molecule has 2 aliphatic rings. The van der Waals surface area contributed by atoms with Crippen molar-refractivity contribution in [3.8, 4) is 17.0 Å². The van der Waals surface area contributed by atoms with Crippen LogP contribution in [0.4, 0.5) is 5.82 Å². The van der Waals surface area contributed by atoms with Gasteiger partial charge in [0, 0.05) is 32.3 Å². The predicted molar refractivity (Wildman–Crippen MR) is 158 cm³/mol. The highest BCUT2D eigenvalue weighted by Crippen LogP contribution is 2.33. The number of nitrogens with one attached hydrogen (secondary N) is 1. The summed E-state index contributed by atoms with van der Waals surface area (Å²) in [7, 11) is 1.66. The van der Waals surface area contributed by atoms with Gasteiger partial charge in [-0.05, 0) is 88.0 Å². The number of rotatable bonds is 7. The standard InChI is InChI=1S/C33H41N3O4/c1-22-9-12-29(39-21-23-10-11-25-19-34-15-13-24(25)18-23)27(17-22)28-7-6-8-31(35-28)36-16-14-26(30(20-36)38-5)32(37)40-33(2,3)4/h6-12,17-18,26,30,34H,13-16,19-21H2,1-5H3/t26-,30+/m0/s1. The molecule has 0 spiro atoms. The molecule has 1 saturated heterocycles. The van der Waals surface area contributed by atoms with Crippen molar-refractivity contribution in [2.24, 2.45) is 5.92 Å². The van der Waals surface area contributed by atoms with Gasteiger partial charge in [-0.2, -0.15) is 0 Å². The van der Waals surface area contributed by atoms with Gasteiger partial charge in [-0.1, -0.05) is 35.9 Å². The number of aryl methyl sites for hydroxylation is 1. The lowest BCUT2D eigenvalue weighted by Gasteiger charge is -2.38. The van der Waals surface area contributed by atoms with E-state index in [2.05, 4.69) is 47.5 Å². The van der Waals surface area contributed by atoms with Crippen LogP contribution >= 0.6 is 0 Å². The van der Waals surface area contributed by atoms with Gasteiger partial charge < -0.3 is 24.4 Å². The summed E-state index contributed by atoms with van der Waals surface area (Å²) in [5.74, 6) is 1.18. The van der Waals surface area contributed by atoms with Crippen LogP contribution in [0.3, 0.4) is 0 Å². The summed E-state index contributed by atoms with van der Waals surface area (Å²) in [5, 5.41) is 3.43. The van der Waals surface area contributed by atoms with Crippen LogP contribution in [0.25, 0.3) is 11.3 Å². The molecule has 5 rings (SSSR count). The Morgan fingerprint density at radius 1 is 1.10 bits per heavy atom. The molecule has 7 heteroatoms. The Hall–Kier alpha value is -3.42. The highest BCUT2D eigenvalue weighted by Gasteiger charge is 2.37. The Kier molecular flexibility index (Phi) is 8.43. The molecule has 0 bridgehead atoms. The van der Waals surface area contributed by atoms with E-state index in [1.807, 2.05) is 45.0 Å². The number of aromatic nitrogens is 1. The summed E-state index contributed by atoms with van der Waals surface area (Å²) in [6.07, 6.45) is 1.43. The molecule has 3 aromatic rings. The zero-order valence-corrected chi connectivity index (χ0v) is 24.3. The Morgan fingerprint density at radius 2 is 1.95 bits per heavy atom. The van der Waals surface area contributed by atoms with E-state index in [0.29, 0.717) is 26.1 Å². The van der Waals surface area contributed by atoms with Gasteiger partial charge in [0.05, 0.1) is 17.7 Å². The summed E-state index contributed by atoms with van der Waals surface area (Å²) in [6, 6.07) is 19.0. The van der Waals surface area contributed by atoms with E-state index in [-0.39, 0.29) is 18.0 Å². The first-order valence-electron chi connectivity index (χ1n) is 14.2. The number of carbonyl (C=O) groups excluding carboxylic acids is 1. The Balaban J connectivity index is 1.32. The number of piperidine rings is 1. The monoisotopic (exact) mass is 543 g/mol. The lowest BCUT2D eigenvalue weighted by Crippen LogP contribution is -2.49. The van der Waals surface area contributed by atoms with Gasteiger partial charge in [-0.15, -0.1) is 0 Å². The van der Waals surface area contributed by atoms with E-state index < -0.39 is 5.60 Å². The molecule has 1 N–H and O–H groups in total. The Labute approximate surface area is 237 Å². The van der Waals surface area contributed by atoms with Gasteiger partial charge in [0.25, 0.3) is 0 Å². The number of nitrogens with zero attached hydrogens (tertiary/aromatic N) is 2. The maximum Gasteiger partial charge on any atom is 0.312 e. The fraction of sp³-hybridized carbons (Fsp3) is 0.455. The van der Waals surface area contributed by atoms with Crippen molar-refractivity contribution in [3.63, 3.8) is 0 Å². The molecule has 0 unspecified atom stereocenters. The van der Waals surface area contributed by atoms with Crippen LogP contribution in [0.5, 0.6) is 5.75 Å². The molecule has 40 heavy (non-hydrogen) atoms. The molecule has 0 saturated carbocycles. The molecule has 0 radical (unpaired) electrons. The van der Waals surface area contributed by atoms with Gasteiger partial charge in [-0.3, -0.25) is 4.79 Å². The number of hydrogen-bond acceptors (Lipinski definition) is 7. The van der Waals surface area contributed by atoms with E-state index in [1.165, 1.54) is 16.7 Å². The van der Waals surface area contributed by atoms with E-state index in [1.54, 1.807) is 7.11 Å². The first-order chi connectivity index (χ1) is 19.2. The minimum Gasteiger partial charge on any atom is -0.488 e. The fourth-order valence-electron chi connectivity index (χ4n) is 5.51. The number of ether oxygens (including phenoxy) is 3. The first kappa shape index (κ1) is 28.1. The second-order valence-electron chi connectivity index (χ2n) is 11.8. The molecule has 1 aromatic heterocycles. The summed E-state index contributed by atoms with van der Waals surface area (Å²) in [5.41, 5.74) is 6.40. The second-order valence-corrected chi connectivity index (χ2v) is 11.8. The molecule has 3 heterocycles. The predicted octanol–water partition coefficient (Wildman–Crippen LogP) is 5.46. The van der Waals surface area contributed by atoms with Crippen LogP contribution in [0.2, 0.25) is 0 Å². The molecule has 0 amide bonds. The molecular formula is C33H41N3O4. The van der Waals surface area contributed by atoms with Crippen LogP contribution < -0.4 is 15.0 Å². The second kappa shape index (κ2) is 12.0. The van der Waals surface area contributed by atoms with E-state index in [0.717, 1.165) is 47.9 Å². The Morgan fingerprint density at radius 3 is 2.75 bits per heavy atom. The molecule has 1 fully saturated rings. The fourth-order valence-corrected chi connectivity index (χ4v) is 5.51. The number of fused-ring (bicyclic) bond motifs is 1. The van der Waals surface area contributed by atoms with Crippen LogP contribution in [0.15, 0.2) is 54.6 Å². The molecule has 212 valence electrons. The van der Waals surface area contributed by atoms with Crippen molar-refractivity contribution < 1.29 is 19.0 Å². The van der Waals surface area contributed by atoms with Crippen molar-refractivity contribution in [1.82, 2.24) is 10.3 Å². The van der Waals surface area contributed by atoms with Crippen LogP contribution in [-0.4, -0.2) is 49.4 Å². The number of hydrogen-bond donors (Lipinski definition) is 1. The van der Waals surface area contributed by atoms with Crippen molar-refractivity contribution in [2.75, 3.05) is 31.6 Å².